The van der Waals surface area contributed by atoms with E-state index in [9.17, 15) is 0 Å². The van der Waals surface area contributed by atoms with E-state index in [0.29, 0.717) is 37.1 Å². The molecule has 0 aromatic carbocycles. The predicted octanol–water partition coefficient (Wildman–Crippen LogP) is 0.0575. The summed E-state index contributed by atoms with van der Waals surface area (Å²) >= 11 is 0. The van der Waals surface area contributed by atoms with Gasteiger partial charge >= 0.3 is 0 Å². The fraction of sp³-hybridized carbons (Fsp3) is 0.636. The van der Waals surface area contributed by atoms with Crippen LogP contribution in [0.1, 0.15) is 0 Å². The number of methoxy groups -OCH3 is 1. The Morgan fingerprint density at radius 3 is 2.78 bits per heavy atom. The lowest BCUT2D eigenvalue weighted by molar-refractivity contribution is 0.126. The van der Waals surface area contributed by atoms with Crippen LogP contribution in [0.3, 0.4) is 0 Å². The summed E-state index contributed by atoms with van der Waals surface area (Å²) in [5, 5.41) is 3.08. The third kappa shape index (κ3) is 4.72. The third-order valence-electron chi connectivity index (χ3n) is 2.26. The Balaban J connectivity index is 2.27. The Kier molecular flexibility index (Phi) is 6.16. The number of nitrogen functional groups attached to an aromatic ring is 1. The molecule has 1 aromatic rings. The van der Waals surface area contributed by atoms with Gasteiger partial charge in [0.2, 0.25) is 5.88 Å². The molecule has 1 heterocycles. The normalized spacial score (nSPS) is 10.7. The molecule has 3 N–H and O–H groups in total. The smallest absolute Gasteiger partial charge is 0.242 e. The molecule has 0 unspecified atom stereocenters. The van der Waals surface area contributed by atoms with Gasteiger partial charge in [-0.2, -0.15) is 4.98 Å². The second kappa shape index (κ2) is 7.67. The van der Waals surface area contributed by atoms with Crippen LogP contribution in [0.15, 0.2) is 6.33 Å². The number of hydrogen-bond donors (Lipinski definition) is 2. The molecule has 0 aliphatic carbocycles. The Morgan fingerprint density at radius 1 is 1.33 bits per heavy atom. The summed E-state index contributed by atoms with van der Waals surface area (Å²) in [6, 6.07) is 0. The van der Waals surface area contributed by atoms with Gasteiger partial charge in [-0.15, -0.1) is 0 Å². The standard InChI is InChI=1S/C11H21N5O2/c1-16(2)5-7-18-6-4-13-10-9(12)11(17-3)15-8-14-10/h8H,4-7,12H2,1-3H3,(H,13,14,15). The maximum Gasteiger partial charge on any atom is 0.242 e. The zero-order valence-corrected chi connectivity index (χ0v) is 11.1. The van der Waals surface area contributed by atoms with E-state index in [-0.39, 0.29) is 0 Å². The minimum Gasteiger partial charge on any atom is -0.479 e. The molecular formula is C11H21N5O2. The van der Waals surface area contributed by atoms with Gasteiger partial charge < -0.3 is 25.4 Å². The molecule has 0 bridgehead atoms. The molecule has 0 saturated heterocycles. The Hall–Kier alpha value is -1.60. The van der Waals surface area contributed by atoms with Crippen LogP contribution in [-0.4, -0.2) is 62.4 Å². The van der Waals surface area contributed by atoms with Gasteiger partial charge in [-0.05, 0) is 14.1 Å². The second-order valence-corrected chi connectivity index (χ2v) is 3.99. The molecule has 0 aliphatic heterocycles. The highest BCUT2D eigenvalue weighted by molar-refractivity contribution is 5.66. The molecule has 0 aliphatic rings. The second-order valence-electron chi connectivity index (χ2n) is 3.99. The van der Waals surface area contributed by atoms with E-state index in [0.717, 1.165) is 6.54 Å². The van der Waals surface area contributed by atoms with Crippen LogP contribution in [0.2, 0.25) is 0 Å². The van der Waals surface area contributed by atoms with Gasteiger partial charge in [0.15, 0.2) is 5.82 Å². The van der Waals surface area contributed by atoms with Crippen LogP contribution in [0.5, 0.6) is 5.88 Å². The van der Waals surface area contributed by atoms with Crippen molar-refractivity contribution in [2.75, 3.05) is 58.6 Å². The molecule has 0 amide bonds. The molecule has 0 radical (unpaired) electrons. The van der Waals surface area contributed by atoms with Crippen molar-refractivity contribution < 1.29 is 9.47 Å². The molecule has 18 heavy (non-hydrogen) atoms. The predicted molar refractivity (Wildman–Crippen MR) is 70.9 cm³/mol. The fourth-order valence-corrected chi connectivity index (χ4v) is 1.27. The first-order chi connectivity index (χ1) is 8.65. The van der Waals surface area contributed by atoms with E-state index in [4.69, 9.17) is 15.2 Å². The average Bonchev–Trinajstić information content (AvgIpc) is 2.35. The largest absolute Gasteiger partial charge is 0.479 e. The number of likely N-dealkylation sites (N-methyl/N-ethyl adjacent to an activating group) is 1. The Bertz CT molecular complexity index is 359. The third-order valence-corrected chi connectivity index (χ3v) is 2.26. The molecule has 0 fully saturated rings. The van der Waals surface area contributed by atoms with Gasteiger partial charge in [-0.3, -0.25) is 0 Å². The Labute approximate surface area is 107 Å². The van der Waals surface area contributed by atoms with Gasteiger partial charge in [-0.25, -0.2) is 4.98 Å². The van der Waals surface area contributed by atoms with Gasteiger partial charge in [0.25, 0.3) is 0 Å². The summed E-state index contributed by atoms with van der Waals surface area (Å²) in [4.78, 5) is 10.0. The van der Waals surface area contributed by atoms with E-state index in [1.165, 1.54) is 13.4 Å². The highest BCUT2D eigenvalue weighted by Crippen LogP contribution is 2.23. The van der Waals surface area contributed by atoms with Crippen LogP contribution in [-0.2, 0) is 4.74 Å². The highest BCUT2D eigenvalue weighted by atomic mass is 16.5. The molecule has 0 spiro atoms. The van der Waals surface area contributed by atoms with Crippen LogP contribution in [0.4, 0.5) is 11.5 Å². The van der Waals surface area contributed by atoms with Crippen LogP contribution in [0.25, 0.3) is 0 Å². The summed E-state index contributed by atoms with van der Waals surface area (Å²) in [6.45, 7) is 2.85. The average molecular weight is 255 g/mol. The topological polar surface area (TPSA) is 85.5 Å². The van der Waals surface area contributed by atoms with Crippen molar-refractivity contribution in [1.29, 1.82) is 0 Å². The van der Waals surface area contributed by atoms with E-state index in [2.05, 4.69) is 20.2 Å². The zero-order valence-electron chi connectivity index (χ0n) is 11.1. The number of nitrogens with zero attached hydrogens (tertiary/aromatic N) is 3. The molecule has 7 heteroatoms. The lowest BCUT2D eigenvalue weighted by Crippen LogP contribution is -2.20. The summed E-state index contributed by atoms with van der Waals surface area (Å²) < 4.78 is 10.4. The molecule has 0 saturated carbocycles. The zero-order chi connectivity index (χ0) is 13.4. The summed E-state index contributed by atoms with van der Waals surface area (Å²) in [6.07, 6.45) is 1.41. The minimum atomic E-state index is 0.376. The number of nitrogens with two attached hydrogens (primary N) is 1. The molecular weight excluding hydrogens is 234 g/mol. The van der Waals surface area contributed by atoms with Crippen molar-refractivity contribution in [3.8, 4) is 5.88 Å². The van der Waals surface area contributed by atoms with Crippen molar-refractivity contribution in [3.05, 3.63) is 6.33 Å². The highest BCUT2D eigenvalue weighted by Gasteiger charge is 2.06. The minimum absolute atomic E-state index is 0.376. The van der Waals surface area contributed by atoms with Crippen LogP contribution < -0.4 is 15.8 Å². The first kappa shape index (κ1) is 14.5. The number of anilines is 2. The van der Waals surface area contributed by atoms with Gasteiger partial charge in [0, 0.05) is 13.1 Å². The monoisotopic (exact) mass is 255 g/mol. The van der Waals surface area contributed by atoms with Gasteiger partial charge in [0.05, 0.1) is 20.3 Å². The van der Waals surface area contributed by atoms with E-state index in [1.807, 2.05) is 14.1 Å². The number of ether oxygens (including phenoxy) is 2. The molecule has 102 valence electrons. The number of aromatic nitrogens is 2. The maximum atomic E-state index is 5.81. The van der Waals surface area contributed by atoms with Crippen molar-refractivity contribution in [2.45, 2.75) is 0 Å². The van der Waals surface area contributed by atoms with Crippen LogP contribution in [0, 0.1) is 0 Å². The lowest BCUT2D eigenvalue weighted by Gasteiger charge is -2.11. The Morgan fingerprint density at radius 2 is 2.11 bits per heavy atom. The van der Waals surface area contributed by atoms with Gasteiger partial charge in [-0.1, -0.05) is 0 Å². The molecule has 7 nitrogen and oxygen atoms in total. The van der Waals surface area contributed by atoms with Crippen molar-refractivity contribution >= 4 is 11.5 Å². The maximum absolute atomic E-state index is 5.81. The fourth-order valence-electron chi connectivity index (χ4n) is 1.27. The van der Waals surface area contributed by atoms with Crippen LogP contribution >= 0.6 is 0 Å². The summed E-state index contributed by atoms with van der Waals surface area (Å²) in [5.41, 5.74) is 6.22. The van der Waals surface area contributed by atoms with Gasteiger partial charge in [0.1, 0.15) is 12.0 Å². The number of rotatable bonds is 8. The lowest BCUT2D eigenvalue weighted by atomic mass is 10.4. The first-order valence-electron chi connectivity index (χ1n) is 5.76. The SMILES string of the molecule is COc1ncnc(NCCOCCN(C)C)c1N. The molecule has 1 aromatic heterocycles. The van der Waals surface area contributed by atoms with Crippen molar-refractivity contribution in [2.24, 2.45) is 0 Å². The summed E-state index contributed by atoms with van der Waals surface area (Å²) in [7, 11) is 5.54. The number of hydrogen-bond acceptors (Lipinski definition) is 7. The molecule has 1 rings (SSSR count). The summed E-state index contributed by atoms with van der Waals surface area (Å²) in [5.74, 6) is 0.944. The molecule has 0 atom stereocenters. The van der Waals surface area contributed by atoms with E-state index < -0.39 is 0 Å². The number of nitrogens with one attached hydrogen (secondary N) is 1. The van der Waals surface area contributed by atoms with E-state index >= 15 is 0 Å². The van der Waals surface area contributed by atoms with Crippen molar-refractivity contribution in [1.82, 2.24) is 14.9 Å². The quantitative estimate of drug-likeness (QED) is 0.635. The van der Waals surface area contributed by atoms with E-state index in [1.54, 1.807) is 0 Å². The first-order valence-corrected chi connectivity index (χ1v) is 5.76. The van der Waals surface area contributed by atoms with Crippen molar-refractivity contribution in [3.63, 3.8) is 0 Å².